The molecule has 16 heavy (non-hydrogen) atoms. The Morgan fingerprint density at radius 1 is 1.31 bits per heavy atom. The minimum atomic E-state index is -0.531. The summed E-state index contributed by atoms with van der Waals surface area (Å²) in [7, 11) is 0. The molecule has 0 radical (unpaired) electrons. The van der Waals surface area contributed by atoms with Gasteiger partial charge in [-0.1, -0.05) is 20.8 Å². The van der Waals surface area contributed by atoms with Crippen LogP contribution in [0.4, 0.5) is 0 Å². The van der Waals surface area contributed by atoms with Crippen molar-refractivity contribution in [1.82, 2.24) is 0 Å². The van der Waals surface area contributed by atoms with Gasteiger partial charge in [0, 0.05) is 12.8 Å². The van der Waals surface area contributed by atoms with Gasteiger partial charge in [-0.2, -0.15) is 5.26 Å². The van der Waals surface area contributed by atoms with Gasteiger partial charge in [-0.25, -0.2) is 0 Å². The van der Waals surface area contributed by atoms with Crippen LogP contribution in [0.1, 0.15) is 53.9 Å². The second-order valence-corrected chi connectivity index (χ2v) is 6.04. The zero-order chi connectivity index (χ0) is 12.4. The zero-order valence-electron chi connectivity index (χ0n) is 11.0. The molecule has 0 bridgehead atoms. The van der Waals surface area contributed by atoms with Gasteiger partial charge in [0.05, 0.1) is 18.3 Å². The van der Waals surface area contributed by atoms with Gasteiger partial charge in [0.1, 0.15) is 0 Å². The van der Waals surface area contributed by atoms with Crippen molar-refractivity contribution in [2.24, 2.45) is 5.41 Å². The normalized spacial score (nSPS) is 29.8. The number of hydrogen-bond donors (Lipinski definition) is 0. The average Bonchev–Trinajstić information content (AvgIpc) is 2.11. The lowest BCUT2D eigenvalue weighted by molar-refractivity contribution is -0.315. The first-order valence-corrected chi connectivity index (χ1v) is 5.97. The van der Waals surface area contributed by atoms with Crippen LogP contribution in [0.2, 0.25) is 0 Å². The van der Waals surface area contributed by atoms with Crippen molar-refractivity contribution in [2.75, 3.05) is 0 Å². The first-order chi connectivity index (χ1) is 7.24. The summed E-state index contributed by atoms with van der Waals surface area (Å²) >= 11 is 0. The molecule has 0 spiro atoms. The van der Waals surface area contributed by atoms with E-state index in [1.165, 1.54) is 0 Å². The molecular weight excluding hydrogens is 202 g/mol. The van der Waals surface area contributed by atoms with Gasteiger partial charge in [-0.3, -0.25) is 0 Å². The van der Waals surface area contributed by atoms with Gasteiger partial charge in [0.25, 0.3) is 0 Å². The summed E-state index contributed by atoms with van der Waals surface area (Å²) in [6.45, 7) is 10.4. The van der Waals surface area contributed by atoms with E-state index >= 15 is 0 Å². The molecule has 0 saturated carbocycles. The van der Waals surface area contributed by atoms with Crippen molar-refractivity contribution in [1.29, 1.82) is 5.26 Å². The van der Waals surface area contributed by atoms with E-state index in [-0.39, 0.29) is 17.6 Å². The van der Waals surface area contributed by atoms with Gasteiger partial charge in [0.15, 0.2) is 5.79 Å². The molecule has 3 heteroatoms. The van der Waals surface area contributed by atoms with E-state index in [4.69, 9.17) is 14.7 Å². The largest absolute Gasteiger partial charge is 0.347 e. The highest BCUT2D eigenvalue weighted by Gasteiger charge is 2.40. The summed E-state index contributed by atoms with van der Waals surface area (Å²) in [5.74, 6) is -0.531. The molecule has 1 rings (SSSR count). The monoisotopic (exact) mass is 225 g/mol. The topological polar surface area (TPSA) is 42.2 Å². The number of ether oxygens (including phenoxy) is 2. The minimum absolute atomic E-state index is 0.117. The SMILES string of the molecule is CC1(C)OC(C(C)(C)C)C[C@@H](CCC#N)O1. The highest BCUT2D eigenvalue weighted by atomic mass is 16.7. The molecule has 1 aliphatic heterocycles. The maximum Gasteiger partial charge on any atom is 0.163 e. The fraction of sp³-hybridized carbons (Fsp3) is 0.923. The highest BCUT2D eigenvalue weighted by molar-refractivity contribution is 4.85. The minimum Gasteiger partial charge on any atom is -0.347 e. The van der Waals surface area contributed by atoms with Crippen molar-refractivity contribution in [3.63, 3.8) is 0 Å². The zero-order valence-corrected chi connectivity index (χ0v) is 11.0. The molecule has 0 amide bonds. The van der Waals surface area contributed by atoms with Crippen LogP contribution in [0, 0.1) is 16.7 Å². The van der Waals surface area contributed by atoms with Crippen molar-refractivity contribution in [3.8, 4) is 6.07 Å². The summed E-state index contributed by atoms with van der Waals surface area (Å²) in [5.41, 5.74) is 0.117. The third kappa shape index (κ3) is 3.77. The molecule has 2 atom stereocenters. The van der Waals surface area contributed by atoms with Crippen LogP contribution in [0.15, 0.2) is 0 Å². The molecule has 1 fully saturated rings. The van der Waals surface area contributed by atoms with E-state index in [1.807, 2.05) is 13.8 Å². The predicted molar refractivity (Wildman–Crippen MR) is 62.7 cm³/mol. The molecular formula is C13H23NO2. The molecule has 0 N–H and O–H groups in total. The van der Waals surface area contributed by atoms with Crippen LogP contribution in [-0.2, 0) is 9.47 Å². The summed E-state index contributed by atoms with van der Waals surface area (Å²) in [5, 5.41) is 8.62. The molecule has 0 aromatic carbocycles. The lowest BCUT2D eigenvalue weighted by atomic mass is 9.84. The molecule has 0 aliphatic carbocycles. The summed E-state index contributed by atoms with van der Waals surface area (Å²) in [4.78, 5) is 0. The number of nitrogens with zero attached hydrogens (tertiary/aromatic N) is 1. The van der Waals surface area contributed by atoms with E-state index in [1.54, 1.807) is 0 Å². The standard InChI is InChI=1S/C13H23NO2/c1-12(2,3)11-9-10(7-6-8-14)15-13(4,5)16-11/h10-11H,6-7,9H2,1-5H3/t10-,11?/m1/s1. The van der Waals surface area contributed by atoms with Gasteiger partial charge in [-0.15, -0.1) is 0 Å². The Bertz CT molecular complexity index is 273. The Morgan fingerprint density at radius 2 is 1.94 bits per heavy atom. The number of nitriles is 1. The first kappa shape index (κ1) is 13.5. The Morgan fingerprint density at radius 3 is 2.44 bits per heavy atom. The van der Waals surface area contributed by atoms with E-state index in [0.717, 1.165) is 12.8 Å². The molecule has 1 heterocycles. The summed E-state index contributed by atoms with van der Waals surface area (Å²) in [6, 6.07) is 2.18. The maximum atomic E-state index is 8.62. The van der Waals surface area contributed by atoms with Crippen LogP contribution in [-0.4, -0.2) is 18.0 Å². The molecule has 92 valence electrons. The lowest BCUT2D eigenvalue weighted by Crippen LogP contribution is -2.49. The maximum absolute atomic E-state index is 8.62. The Labute approximate surface area is 98.7 Å². The van der Waals surface area contributed by atoms with Crippen molar-refractivity contribution in [3.05, 3.63) is 0 Å². The Balaban J connectivity index is 2.67. The summed E-state index contributed by atoms with van der Waals surface area (Å²) in [6.07, 6.45) is 2.58. The average molecular weight is 225 g/mol. The predicted octanol–water partition coefficient (Wildman–Crippen LogP) is 3.25. The van der Waals surface area contributed by atoms with Gasteiger partial charge in [0.2, 0.25) is 0 Å². The van der Waals surface area contributed by atoms with Gasteiger partial charge < -0.3 is 9.47 Å². The third-order valence-corrected chi connectivity index (χ3v) is 2.90. The van der Waals surface area contributed by atoms with Gasteiger partial charge >= 0.3 is 0 Å². The third-order valence-electron chi connectivity index (χ3n) is 2.90. The number of rotatable bonds is 2. The molecule has 1 unspecified atom stereocenters. The molecule has 0 aromatic heterocycles. The fourth-order valence-corrected chi connectivity index (χ4v) is 2.04. The molecule has 1 saturated heterocycles. The van der Waals surface area contributed by atoms with E-state index < -0.39 is 5.79 Å². The van der Waals surface area contributed by atoms with Crippen molar-refractivity contribution >= 4 is 0 Å². The van der Waals surface area contributed by atoms with E-state index in [0.29, 0.717) is 6.42 Å². The summed E-state index contributed by atoms with van der Waals surface area (Å²) < 4.78 is 11.8. The van der Waals surface area contributed by atoms with E-state index in [2.05, 4.69) is 26.8 Å². The quantitative estimate of drug-likeness (QED) is 0.724. The van der Waals surface area contributed by atoms with Crippen LogP contribution >= 0.6 is 0 Å². The Kier molecular flexibility index (Phi) is 3.98. The van der Waals surface area contributed by atoms with E-state index in [9.17, 15) is 0 Å². The smallest absolute Gasteiger partial charge is 0.163 e. The molecule has 0 aromatic rings. The highest BCUT2D eigenvalue weighted by Crippen LogP contribution is 2.36. The van der Waals surface area contributed by atoms with Crippen molar-refractivity contribution in [2.45, 2.75) is 71.9 Å². The van der Waals surface area contributed by atoms with Crippen molar-refractivity contribution < 1.29 is 9.47 Å². The van der Waals surface area contributed by atoms with Crippen LogP contribution in [0.5, 0.6) is 0 Å². The number of hydrogen-bond acceptors (Lipinski definition) is 3. The lowest BCUT2D eigenvalue weighted by Gasteiger charge is -2.45. The van der Waals surface area contributed by atoms with Gasteiger partial charge in [-0.05, 0) is 25.7 Å². The molecule has 3 nitrogen and oxygen atoms in total. The second-order valence-electron chi connectivity index (χ2n) is 6.04. The van der Waals surface area contributed by atoms with Crippen LogP contribution in [0.3, 0.4) is 0 Å². The molecule has 1 aliphatic rings. The van der Waals surface area contributed by atoms with Crippen LogP contribution < -0.4 is 0 Å². The Hall–Kier alpha value is -0.590. The first-order valence-electron chi connectivity index (χ1n) is 5.97. The van der Waals surface area contributed by atoms with Crippen LogP contribution in [0.25, 0.3) is 0 Å². The fourth-order valence-electron chi connectivity index (χ4n) is 2.04. The second kappa shape index (κ2) is 4.73.